The molecule has 1 saturated heterocycles. The Labute approximate surface area is 232 Å². The Morgan fingerprint density at radius 2 is 1.68 bits per heavy atom. The van der Waals surface area contributed by atoms with Gasteiger partial charge < -0.3 is 19.9 Å². The number of phenolic OH excluding ortho intramolecular Hbond substituents is 1. The van der Waals surface area contributed by atoms with Gasteiger partial charge in [-0.15, -0.1) is 0 Å². The summed E-state index contributed by atoms with van der Waals surface area (Å²) in [6.07, 6.45) is -0.483. The molecule has 0 aliphatic carbocycles. The molecular weight excluding hydrogens is 520 g/mol. The van der Waals surface area contributed by atoms with Gasteiger partial charge in [0.05, 0.1) is 13.2 Å². The molecule has 3 rings (SSSR count). The van der Waals surface area contributed by atoms with Crippen LogP contribution in [0.15, 0.2) is 48.5 Å². The van der Waals surface area contributed by atoms with Crippen molar-refractivity contribution >= 4 is 23.9 Å². The molecule has 0 aromatic heterocycles. The van der Waals surface area contributed by atoms with Crippen molar-refractivity contribution in [3.8, 4) is 5.75 Å². The summed E-state index contributed by atoms with van der Waals surface area (Å²) < 4.78 is 10.5. The molecule has 13 heteroatoms. The number of carbonyl (C=O) groups excluding carboxylic acids is 4. The summed E-state index contributed by atoms with van der Waals surface area (Å²) in [5, 5.41) is 12.7. The van der Waals surface area contributed by atoms with Crippen LogP contribution in [-0.2, 0) is 27.4 Å². The molecule has 216 valence electrons. The van der Waals surface area contributed by atoms with E-state index in [1.165, 1.54) is 12.1 Å². The van der Waals surface area contributed by atoms with Crippen molar-refractivity contribution in [2.75, 3.05) is 26.3 Å². The molecule has 1 fully saturated rings. The first kappa shape index (κ1) is 30.2. The molecule has 2 aromatic carbocycles. The molecule has 1 heterocycles. The normalized spacial score (nSPS) is 14.1. The minimum atomic E-state index is -0.972. The van der Waals surface area contributed by atoms with Crippen LogP contribution in [0.5, 0.6) is 5.75 Å². The smallest absolute Gasteiger partial charge is 0.408 e. The van der Waals surface area contributed by atoms with Gasteiger partial charge in [0.15, 0.2) is 0 Å². The minimum absolute atomic E-state index is 0.0405. The van der Waals surface area contributed by atoms with Crippen molar-refractivity contribution in [2.24, 2.45) is 5.92 Å². The number of hydrogen-bond donors (Lipinski definition) is 6. The van der Waals surface area contributed by atoms with Crippen LogP contribution in [0.4, 0.5) is 9.59 Å². The fourth-order valence-corrected chi connectivity index (χ4v) is 3.89. The number of nitrogens with one attached hydrogen (secondary N) is 5. The molecule has 6 N–H and O–H groups in total. The number of hydrazine groups is 2. The molecule has 0 unspecified atom stereocenters. The zero-order valence-corrected chi connectivity index (χ0v) is 22.6. The van der Waals surface area contributed by atoms with Gasteiger partial charge in [0.25, 0.3) is 11.8 Å². The molecule has 0 bridgehead atoms. The van der Waals surface area contributed by atoms with Gasteiger partial charge in [0, 0.05) is 30.8 Å². The molecular formula is C27H36N6O7. The minimum Gasteiger partial charge on any atom is -0.508 e. The number of morpholine rings is 1. The number of nitrogens with zero attached hydrogens (tertiary/aromatic N) is 1. The van der Waals surface area contributed by atoms with Crippen LogP contribution in [0.2, 0.25) is 0 Å². The maximum atomic E-state index is 12.6. The van der Waals surface area contributed by atoms with Crippen molar-refractivity contribution in [1.29, 1.82) is 0 Å². The number of benzene rings is 2. The first-order valence-corrected chi connectivity index (χ1v) is 13.0. The highest BCUT2D eigenvalue weighted by atomic mass is 16.5. The van der Waals surface area contributed by atoms with Gasteiger partial charge in [-0.2, -0.15) is 0 Å². The zero-order valence-electron chi connectivity index (χ0n) is 22.6. The summed E-state index contributed by atoms with van der Waals surface area (Å²) in [5.41, 5.74) is 10.3. The second-order valence-electron chi connectivity index (χ2n) is 9.64. The number of ether oxygens (including phenoxy) is 2. The van der Waals surface area contributed by atoms with Crippen LogP contribution < -0.4 is 27.0 Å². The van der Waals surface area contributed by atoms with E-state index in [9.17, 15) is 24.3 Å². The van der Waals surface area contributed by atoms with Crippen LogP contribution in [0.3, 0.4) is 0 Å². The third-order valence-electron chi connectivity index (χ3n) is 5.96. The Morgan fingerprint density at radius 3 is 2.38 bits per heavy atom. The maximum absolute atomic E-state index is 12.6. The van der Waals surface area contributed by atoms with Gasteiger partial charge in [-0.1, -0.05) is 44.2 Å². The number of rotatable bonds is 9. The number of alkyl carbamates (subject to hydrolysis) is 1. The molecule has 0 radical (unpaired) electrons. The number of amides is 5. The van der Waals surface area contributed by atoms with E-state index in [2.05, 4.69) is 31.9 Å². The molecule has 0 saturated carbocycles. The van der Waals surface area contributed by atoms with E-state index in [-0.39, 0.29) is 23.8 Å². The molecule has 5 amide bonds. The van der Waals surface area contributed by atoms with E-state index in [1.807, 2.05) is 32.0 Å². The lowest BCUT2D eigenvalue weighted by atomic mass is 10.0. The molecule has 1 aliphatic heterocycles. The van der Waals surface area contributed by atoms with E-state index in [0.717, 1.165) is 5.56 Å². The molecule has 13 nitrogen and oxygen atoms in total. The molecule has 40 heavy (non-hydrogen) atoms. The highest BCUT2D eigenvalue weighted by molar-refractivity contribution is 5.95. The van der Waals surface area contributed by atoms with Crippen molar-refractivity contribution in [3.05, 3.63) is 65.2 Å². The average molecular weight is 557 g/mol. The Hall–Kier alpha value is -4.36. The largest absolute Gasteiger partial charge is 0.508 e. The van der Waals surface area contributed by atoms with Crippen LogP contribution in [0, 0.1) is 5.92 Å². The Morgan fingerprint density at radius 1 is 0.975 bits per heavy atom. The van der Waals surface area contributed by atoms with Crippen molar-refractivity contribution in [2.45, 2.75) is 39.5 Å². The van der Waals surface area contributed by atoms with Crippen molar-refractivity contribution < 1.29 is 33.8 Å². The van der Waals surface area contributed by atoms with Crippen molar-refractivity contribution in [3.63, 3.8) is 0 Å². The van der Waals surface area contributed by atoms with E-state index < -0.39 is 30.0 Å². The van der Waals surface area contributed by atoms with Crippen LogP contribution in [-0.4, -0.2) is 66.3 Å². The van der Waals surface area contributed by atoms with Crippen LogP contribution >= 0.6 is 0 Å². The van der Waals surface area contributed by atoms with E-state index in [4.69, 9.17) is 9.47 Å². The number of carbonyl (C=O) groups is 4. The topological polar surface area (TPSA) is 170 Å². The molecule has 2 aromatic rings. The summed E-state index contributed by atoms with van der Waals surface area (Å²) in [5.74, 6) is -1.18. The van der Waals surface area contributed by atoms with Gasteiger partial charge in [-0.05, 0) is 36.1 Å². The summed E-state index contributed by atoms with van der Waals surface area (Å²) in [6, 6.07) is 11.6. The SMILES string of the molecule is CC(C)C[C@H](NC(=O)OCc1ccccc1)C(=O)NNC(=O)NNC(=O)c1ccc(O)c(CN2CCOCC2)c1. The number of hydrogen-bond acceptors (Lipinski definition) is 8. The molecule has 1 aliphatic rings. The van der Waals surface area contributed by atoms with Gasteiger partial charge in [0.2, 0.25) is 0 Å². The standard InChI is InChI=1S/C27H36N6O7/c1-18(2)14-22(28-27(38)40-17-19-6-4-3-5-7-19)25(36)30-32-26(37)31-29-24(35)20-8-9-23(34)21(15-20)16-33-10-12-39-13-11-33/h3-9,15,18,22,34H,10-14,16-17H2,1-2H3,(H,28,38)(H,29,35)(H,30,36)(H2,31,32,37)/t22-/m0/s1. The van der Waals surface area contributed by atoms with E-state index in [1.54, 1.807) is 18.2 Å². The fourth-order valence-electron chi connectivity index (χ4n) is 3.89. The lowest BCUT2D eigenvalue weighted by molar-refractivity contribution is -0.124. The van der Waals surface area contributed by atoms with E-state index >= 15 is 0 Å². The molecule has 1 atom stereocenters. The van der Waals surface area contributed by atoms with Crippen LogP contribution in [0.1, 0.15) is 41.8 Å². The van der Waals surface area contributed by atoms with Gasteiger partial charge in [-0.3, -0.25) is 25.3 Å². The quantitative estimate of drug-likeness (QED) is 0.253. The second-order valence-corrected chi connectivity index (χ2v) is 9.64. The Kier molecular flexibility index (Phi) is 11.5. The monoisotopic (exact) mass is 556 g/mol. The first-order chi connectivity index (χ1) is 19.2. The van der Waals surface area contributed by atoms with Gasteiger partial charge in [0.1, 0.15) is 18.4 Å². The highest BCUT2D eigenvalue weighted by Crippen LogP contribution is 2.21. The second kappa shape index (κ2) is 15.3. The maximum Gasteiger partial charge on any atom is 0.408 e. The highest BCUT2D eigenvalue weighted by Gasteiger charge is 2.23. The Balaban J connectivity index is 1.45. The average Bonchev–Trinajstić information content (AvgIpc) is 2.95. The third-order valence-corrected chi connectivity index (χ3v) is 5.96. The van der Waals surface area contributed by atoms with Crippen LogP contribution in [0.25, 0.3) is 0 Å². The summed E-state index contributed by atoms with van der Waals surface area (Å²) in [6.45, 7) is 6.87. The lowest BCUT2D eigenvalue weighted by Crippen LogP contribution is -2.56. The number of urea groups is 1. The van der Waals surface area contributed by atoms with Crippen molar-refractivity contribution in [1.82, 2.24) is 31.9 Å². The zero-order chi connectivity index (χ0) is 28.9. The number of aromatic hydroxyl groups is 1. The molecule has 0 spiro atoms. The lowest BCUT2D eigenvalue weighted by Gasteiger charge is -2.26. The summed E-state index contributed by atoms with van der Waals surface area (Å²) in [7, 11) is 0. The summed E-state index contributed by atoms with van der Waals surface area (Å²) in [4.78, 5) is 51.7. The number of phenols is 1. The third kappa shape index (κ3) is 10.1. The summed E-state index contributed by atoms with van der Waals surface area (Å²) >= 11 is 0. The predicted molar refractivity (Wildman–Crippen MR) is 144 cm³/mol. The fraction of sp³-hybridized carbons (Fsp3) is 0.407. The van der Waals surface area contributed by atoms with Gasteiger partial charge >= 0.3 is 12.1 Å². The predicted octanol–water partition coefficient (Wildman–Crippen LogP) is 1.54. The van der Waals surface area contributed by atoms with Gasteiger partial charge in [-0.25, -0.2) is 20.4 Å². The van der Waals surface area contributed by atoms with E-state index in [0.29, 0.717) is 44.8 Å². The Bertz CT molecular complexity index is 1160. The first-order valence-electron chi connectivity index (χ1n) is 13.0.